The van der Waals surface area contributed by atoms with Crippen molar-refractivity contribution in [3.63, 3.8) is 0 Å². The average molecular weight is 433 g/mol. The zero-order valence-corrected chi connectivity index (χ0v) is 17.5. The Labute approximate surface area is 177 Å². The molecule has 1 aliphatic rings. The number of hydrogen-bond donors (Lipinski definition) is 2. The molecule has 2 N–H and O–H groups in total. The van der Waals surface area contributed by atoms with E-state index >= 15 is 0 Å². The van der Waals surface area contributed by atoms with Crippen LogP contribution in [0.4, 0.5) is 5.69 Å². The quantitative estimate of drug-likeness (QED) is 0.354. The van der Waals surface area contributed by atoms with Gasteiger partial charge in [-0.25, -0.2) is 0 Å². The molecule has 2 amide bonds. The number of anilines is 1. The lowest BCUT2D eigenvalue weighted by molar-refractivity contribution is -0.122. The second kappa shape index (κ2) is 9.86. The summed E-state index contributed by atoms with van der Waals surface area (Å²) in [4.78, 5) is 27.8. The van der Waals surface area contributed by atoms with Crippen LogP contribution in [0.25, 0.3) is 6.08 Å². The Morgan fingerprint density at radius 3 is 2.82 bits per heavy atom. The van der Waals surface area contributed by atoms with Gasteiger partial charge < -0.3 is 10.4 Å². The monoisotopic (exact) mass is 432 g/mol. The topological polar surface area (TPSA) is 69.6 Å². The number of aromatic hydroxyl groups is 1. The summed E-state index contributed by atoms with van der Waals surface area (Å²) in [5.74, 6) is -0.00506. The van der Waals surface area contributed by atoms with Crippen LogP contribution in [-0.4, -0.2) is 32.7 Å². The van der Waals surface area contributed by atoms with Crippen LogP contribution in [0.1, 0.15) is 30.6 Å². The molecule has 1 aliphatic heterocycles. The molecule has 0 bridgehead atoms. The van der Waals surface area contributed by atoms with Crippen LogP contribution in [0.3, 0.4) is 0 Å². The summed E-state index contributed by atoms with van der Waals surface area (Å²) in [7, 11) is 0. The number of nitrogens with one attached hydrogen (secondary N) is 1. The number of rotatable bonds is 8. The molecule has 3 rings (SSSR count). The molecule has 0 aliphatic carbocycles. The summed E-state index contributed by atoms with van der Waals surface area (Å²) in [5, 5.41) is 14.1. The number of thiophene rings is 1. The fourth-order valence-corrected chi connectivity index (χ4v) is 4.77. The molecule has 146 valence electrons. The van der Waals surface area contributed by atoms with Gasteiger partial charge in [0.15, 0.2) is 0 Å². The highest BCUT2D eigenvalue weighted by Crippen LogP contribution is 2.33. The number of hydrogen-bond acceptors (Lipinski definition) is 6. The molecule has 0 spiro atoms. The van der Waals surface area contributed by atoms with Crippen molar-refractivity contribution in [2.45, 2.75) is 25.7 Å². The van der Waals surface area contributed by atoms with Gasteiger partial charge in [0, 0.05) is 29.6 Å². The minimum Gasteiger partial charge on any atom is -0.508 e. The van der Waals surface area contributed by atoms with Crippen LogP contribution >= 0.6 is 35.3 Å². The van der Waals surface area contributed by atoms with Crippen LogP contribution in [0.2, 0.25) is 0 Å². The largest absolute Gasteiger partial charge is 0.508 e. The first-order valence-electron chi connectivity index (χ1n) is 8.91. The van der Waals surface area contributed by atoms with Crippen molar-refractivity contribution in [2.24, 2.45) is 0 Å². The van der Waals surface area contributed by atoms with Gasteiger partial charge in [-0.1, -0.05) is 42.5 Å². The number of phenolic OH excluding ortho intramolecular Hbond substituents is 1. The summed E-state index contributed by atoms with van der Waals surface area (Å²) in [6.07, 6.45) is 4.62. The van der Waals surface area contributed by atoms with Crippen LogP contribution in [0.15, 0.2) is 46.7 Å². The van der Waals surface area contributed by atoms with Gasteiger partial charge in [0.25, 0.3) is 5.91 Å². The number of phenols is 1. The summed E-state index contributed by atoms with van der Waals surface area (Å²) in [6.45, 7) is 0.570. The predicted octanol–water partition coefficient (Wildman–Crippen LogP) is 4.85. The zero-order valence-electron chi connectivity index (χ0n) is 15.1. The number of benzene rings is 1. The highest BCUT2D eigenvalue weighted by Gasteiger charge is 2.31. The molecule has 2 heterocycles. The highest BCUT2D eigenvalue weighted by molar-refractivity contribution is 8.26. The molecule has 0 unspecified atom stereocenters. The lowest BCUT2D eigenvalue weighted by Gasteiger charge is -2.14. The molecule has 2 aromatic rings. The van der Waals surface area contributed by atoms with Crippen molar-refractivity contribution in [3.05, 3.63) is 51.6 Å². The molecule has 1 fully saturated rings. The van der Waals surface area contributed by atoms with Crippen molar-refractivity contribution < 1.29 is 14.7 Å². The van der Waals surface area contributed by atoms with Crippen molar-refractivity contribution in [3.8, 4) is 5.75 Å². The van der Waals surface area contributed by atoms with Gasteiger partial charge in [-0.3, -0.25) is 14.5 Å². The number of thiocarbonyl (C=S) groups is 1. The zero-order chi connectivity index (χ0) is 19.9. The Balaban J connectivity index is 1.38. The Morgan fingerprint density at radius 2 is 2.07 bits per heavy atom. The van der Waals surface area contributed by atoms with E-state index in [1.807, 2.05) is 23.6 Å². The third-order valence-corrected chi connectivity index (χ3v) is 6.30. The SMILES string of the molecule is O=C(CCCCCN1C(=O)C(=Cc2cccs2)SC1=S)Nc1cccc(O)c1. The van der Waals surface area contributed by atoms with Crippen molar-refractivity contribution >= 4 is 63.2 Å². The lowest BCUT2D eigenvalue weighted by Crippen LogP contribution is -2.29. The molecular weight excluding hydrogens is 412 g/mol. The minimum atomic E-state index is -0.0879. The molecule has 0 saturated carbocycles. The second-order valence-corrected chi connectivity index (χ2v) is 8.91. The molecule has 0 atom stereocenters. The van der Waals surface area contributed by atoms with E-state index in [4.69, 9.17) is 12.2 Å². The molecule has 0 radical (unpaired) electrons. The fraction of sp³-hybridized carbons (Fsp3) is 0.250. The maximum Gasteiger partial charge on any atom is 0.266 e. The minimum absolute atomic E-state index is 0.0370. The normalized spacial score (nSPS) is 15.4. The van der Waals surface area contributed by atoms with Gasteiger partial charge in [-0.05, 0) is 42.5 Å². The van der Waals surface area contributed by atoms with Crippen LogP contribution < -0.4 is 5.32 Å². The van der Waals surface area contributed by atoms with Crippen molar-refractivity contribution in [2.75, 3.05) is 11.9 Å². The maximum atomic E-state index is 12.5. The smallest absolute Gasteiger partial charge is 0.266 e. The van der Waals surface area contributed by atoms with Crippen LogP contribution in [0, 0.1) is 0 Å². The highest BCUT2D eigenvalue weighted by atomic mass is 32.2. The van der Waals surface area contributed by atoms with Gasteiger partial charge in [0.2, 0.25) is 5.91 Å². The molecule has 8 heteroatoms. The van der Waals surface area contributed by atoms with Gasteiger partial charge in [-0.15, -0.1) is 11.3 Å². The van der Waals surface area contributed by atoms with E-state index in [-0.39, 0.29) is 17.6 Å². The molecule has 1 aromatic heterocycles. The second-order valence-electron chi connectivity index (χ2n) is 6.26. The Hall–Kier alpha value is -2.16. The Bertz CT molecular complexity index is 894. The number of carbonyl (C=O) groups excluding carboxylic acids is 2. The van der Waals surface area contributed by atoms with E-state index < -0.39 is 0 Å². The molecule has 1 aromatic carbocycles. The number of amides is 2. The first-order valence-corrected chi connectivity index (χ1v) is 11.0. The maximum absolute atomic E-state index is 12.5. The molecule has 28 heavy (non-hydrogen) atoms. The third kappa shape index (κ3) is 5.67. The summed E-state index contributed by atoms with van der Waals surface area (Å²) >= 11 is 8.27. The third-order valence-electron chi connectivity index (χ3n) is 4.11. The van der Waals surface area contributed by atoms with Gasteiger partial charge in [0.05, 0.1) is 4.91 Å². The first kappa shape index (κ1) is 20.6. The lowest BCUT2D eigenvalue weighted by atomic mass is 10.1. The van der Waals surface area contributed by atoms with Gasteiger partial charge >= 0.3 is 0 Å². The summed E-state index contributed by atoms with van der Waals surface area (Å²) in [6, 6.07) is 10.4. The number of carbonyl (C=O) groups is 2. The number of thioether (sulfide) groups is 1. The summed E-state index contributed by atoms with van der Waals surface area (Å²) in [5.41, 5.74) is 0.583. The van der Waals surface area contributed by atoms with E-state index in [2.05, 4.69) is 5.32 Å². The first-order chi connectivity index (χ1) is 13.5. The van der Waals surface area contributed by atoms with Crippen LogP contribution in [-0.2, 0) is 9.59 Å². The van der Waals surface area contributed by atoms with E-state index in [9.17, 15) is 14.7 Å². The van der Waals surface area contributed by atoms with E-state index in [0.29, 0.717) is 27.9 Å². The van der Waals surface area contributed by atoms with Crippen molar-refractivity contribution in [1.29, 1.82) is 0 Å². The standard InChI is InChI=1S/C20H20N2O3S3/c23-15-7-4-6-14(12-15)21-18(24)9-2-1-3-10-22-19(25)17(28-20(22)26)13-16-8-5-11-27-16/h4-8,11-13,23H,1-3,9-10H2,(H,21,24). The Morgan fingerprint density at radius 1 is 1.21 bits per heavy atom. The Kier molecular flexibility index (Phi) is 7.24. The predicted molar refractivity (Wildman–Crippen MR) is 119 cm³/mol. The van der Waals surface area contributed by atoms with Gasteiger partial charge in [0.1, 0.15) is 10.1 Å². The van der Waals surface area contributed by atoms with Crippen molar-refractivity contribution in [1.82, 2.24) is 4.90 Å². The van der Waals surface area contributed by atoms with E-state index in [0.717, 1.165) is 24.1 Å². The summed E-state index contributed by atoms with van der Waals surface area (Å²) < 4.78 is 0.592. The van der Waals surface area contributed by atoms with Gasteiger partial charge in [-0.2, -0.15) is 0 Å². The fourth-order valence-electron chi connectivity index (χ4n) is 2.73. The molecular formula is C20H20N2O3S3. The van der Waals surface area contributed by atoms with E-state index in [1.54, 1.807) is 34.4 Å². The number of nitrogens with zero attached hydrogens (tertiary/aromatic N) is 1. The average Bonchev–Trinajstić information content (AvgIpc) is 3.25. The van der Waals surface area contributed by atoms with Crippen LogP contribution in [0.5, 0.6) is 5.75 Å². The number of unbranched alkanes of at least 4 members (excludes halogenated alkanes) is 2. The molecule has 1 saturated heterocycles. The molecule has 5 nitrogen and oxygen atoms in total. The van der Waals surface area contributed by atoms with E-state index in [1.165, 1.54) is 17.8 Å².